The van der Waals surface area contributed by atoms with E-state index in [9.17, 15) is 9.59 Å². The lowest BCUT2D eigenvalue weighted by molar-refractivity contribution is -0.124. The number of hydrogen-bond donors (Lipinski definition) is 0. The number of rotatable bonds is 4. The Balaban J connectivity index is 2.75. The Morgan fingerprint density at radius 1 is 1.07 bits per heavy atom. The van der Waals surface area contributed by atoms with E-state index in [0.29, 0.717) is 0 Å². The molecule has 14 heavy (non-hydrogen) atoms. The lowest BCUT2D eigenvalue weighted by atomic mass is 10.2. The molecular formula is C11H14O2Si. The Morgan fingerprint density at radius 3 is 2.00 bits per heavy atom. The first-order valence-electron chi connectivity index (χ1n) is 4.66. The van der Waals surface area contributed by atoms with Crippen molar-refractivity contribution in [1.82, 2.24) is 0 Å². The Bertz CT molecular complexity index is 318. The van der Waals surface area contributed by atoms with E-state index >= 15 is 0 Å². The Kier molecular flexibility index (Phi) is 3.77. The molecular weight excluding hydrogens is 192 g/mol. The fraction of sp³-hybridized carbons (Fsp3) is 0.273. The van der Waals surface area contributed by atoms with Crippen molar-refractivity contribution in [3.05, 3.63) is 30.3 Å². The van der Waals surface area contributed by atoms with Crippen LogP contribution in [0.25, 0.3) is 0 Å². The predicted octanol–water partition coefficient (Wildman–Crippen LogP) is 0.447. The normalized spacial score (nSPS) is 11.1. The molecule has 0 spiro atoms. The average Bonchev–Trinajstić information content (AvgIpc) is 2.15. The predicted molar refractivity (Wildman–Crippen MR) is 59.7 cm³/mol. The van der Waals surface area contributed by atoms with Gasteiger partial charge in [-0.05, 0) is 13.8 Å². The maximum absolute atomic E-state index is 11.2. The van der Waals surface area contributed by atoms with Gasteiger partial charge in [-0.2, -0.15) is 0 Å². The van der Waals surface area contributed by atoms with E-state index in [0.717, 1.165) is 0 Å². The molecule has 1 rings (SSSR count). The highest BCUT2D eigenvalue weighted by atomic mass is 28.2. The number of ketones is 2. The van der Waals surface area contributed by atoms with Crippen molar-refractivity contribution in [3.63, 3.8) is 0 Å². The van der Waals surface area contributed by atoms with Gasteiger partial charge in [0, 0.05) is 0 Å². The van der Waals surface area contributed by atoms with Crippen LogP contribution in [-0.4, -0.2) is 21.1 Å². The first kappa shape index (κ1) is 10.9. The van der Waals surface area contributed by atoms with Crippen LogP contribution < -0.4 is 5.19 Å². The number of hydrogen-bond acceptors (Lipinski definition) is 2. The van der Waals surface area contributed by atoms with Crippen LogP contribution in [0.4, 0.5) is 0 Å². The minimum atomic E-state index is -0.791. The van der Waals surface area contributed by atoms with Crippen molar-refractivity contribution >= 4 is 26.3 Å². The van der Waals surface area contributed by atoms with Gasteiger partial charge in [0.25, 0.3) is 0 Å². The molecule has 1 aromatic rings. The van der Waals surface area contributed by atoms with E-state index in [2.05, 4.69) is 0 Å². The molecule has 2 nitrogen and oxygen atoms in total. The maximum atomic E-state index is 11.2. The molecule has 0 unspecified atom stereocenters. The van der Waals surface area contributed by atoms with Crippen LogP contribution in [0.5, 0.6) is 0 Å². The van der Waals surface area contributed by atoms with Crippen molar-refractivity contribution in [3.8, 4) is 0 Å². The summed E-state index contributed by atoms with van der Waals surface area (Å²) in [7, 11) is -0.791. The number of carbonyl (C=O) groups excluding carboxylic acids is 2. The van der Waals surface area contributed by atoms with E-state index in [-0.39, 0.29) is 17.1 Å². The first-order valence-corrected chi connectivity index (χ1v) is 6.18. The van der Waals surface area contributed by atoms with Gasteiger partial charge in [-0.25, -0.2) is 0 Å². The second-order valence-electron chi connectivity index (χ2n) is 3.46. The van der Waals surface area contributed by atoms with Gasteiger partial charge in [0.05, 0.1) is 15.1 Å². The third-order valence-corrected chi connectivity index (χ3v) is 4.76. The highest BCUT2D eigenvalue weighted by Gasteiger charge is 2.19. The van der Waals surface area contributed by atoms with Crippen molar-refractivity contribution in [2.75, 3.05) is 0 Å². The first-order chi connectivity index (χ1) is 6.61. The summed E-state index contributed by atoms with van der Waals surface area (Å²) in [5, 5.41) is 1.17. The zero-order valence-electron chi connectivity index (χ0n) is 8.49. The van der Waals surface area contributed by atoms with Gasteiger partial charge in [0.2, 0.25) is 0 Å². The lowest BCUT2D eigenvalue weighted by Crippen LogP contribution is -2.28. The van der Waals surface area contributed by atoms with Crippen LogP contribution in [-0.2, 0) is 9.59 Å². The molecule has 3 heteroatoms. The third kappa shape index (κ3) is 2.92. The molecule has 0 saturated carbocycles. The highest BCUT2D eigenvalue weighted by Crippen LogP contribution is 2.05. The van der Waals surface area contributed by atoms with E-state index in [4.69, 9.17) is 0 Å². The quantitative estimate of drug-likeness (QED) is 0.529. The molecule has 0 amide bonds. The lowest BCUT2D eigenvalue weighted by Gasteiger charge is -2.08. The van der Waals surface area contributed by atoms with Crippen LogP contribution >= 0.6 is 0 Å². The standard InChI is InChI=1S/C11H14O2Si/c1-8(12)11(9(2)13)14-10-6-4-3-5-7-10/h3-7,11H,14H2,1-2H3. The van der Waals surface area contributed by atoms with Gasteiger partial charge in [-0.15, -0.1) is 0 Å². The molecule has 0 aliphatic carbocycles. The average molecular weight is 206 g/mol. The highest BCUT2D eigenvalue weighted by molar-refractivity contribution is 6.64. The number of benzene rings is 1. The smallest absolute Gasteiger partial charge is 0.137 e. The minimum Gasteiger partial charge on any atom is -0.300 e. The number of Topliss-reactive ketones (excluding diaryl/α,β-unsaturated/α-hetero) is 2. The Labute approximate surface area is 86.2 Å². The molecule has 0 fully saturated rings. The zero-order chi connectivity index (χ0) is 10.6. The van der Waals surface area contributed by atoms with E-state index in [1.165, 1.54) is 19.0 Å². The van der Waals surface area contributed by atoms with Crippen molar-refractivity contribution in [2.45, 2.75) is 19.4 Å². The van der Waals surface area contributed by atoms with E-state index in [1.54, 1.807) is 0 Å². The van der Waals surface area contributed by atoms with Gasteiger partial charge in [0.1, 0.15) is 11.6 Å². The van der Waals surface area contributed by atoms with Gasteiger partial charge < -0.3 is 0 Å². The summed E-state index contributed by atoms with van der Waals surface area (Å²) in [5.74, 6) is 0.0149. The van der Waals surface area contributed by atoms with Crippen molar-refractivity contribution < 1.29 is 9.59 Å². The summed E-state index contributed by atoms with van der Waals surface area (Å²) >= 11 is 0. The van der Waals surface area contributed by atoms with E-state index < -0.39 is 9.52 Å². The zero-order valence-corrected chi connectivity index (χ0v) is 9.90. The summed E-state index contributed by atoms with van der Waals surface area (Å²) in [6.07, 6.45) is 0. The van der Waals surface area contributed by atoms with Crippen LogP contribution in [0, 0.1) is 0 Å². The second-order valence-corrected chi connectivity index (χ2v) is 5.50. The van der Waals surface area contributed by atoms with Crippen LogP contribution in [0.2, 0.25) is 5.54 Å². The van der Waals surface area contributed by atoms with Gasteiger partial charge in [-0.1, -0.05) is 35.5 Å². The molecule has 0 N–H and O–H groups in total. The van der Waals surface area contributed by atoms with Crippen molar-refractivity contribution in [1.29, 1.82) is 0 Å². The molecule has 0 heterocycles. The molecule has 1 aromatic carbocycles. The fourth-order valence-corrected chi connectivity index (χ4v) is 3.01. The van der Waals surface area contributed by atoms with E-state index in [1.807, 2.05) is 30.3 Å². The molecule has 0 aliphatic heterocycles. The minimum absolute atomic E-state index is 0.00743. The van der Waals surface area contributed by atoms with Gasteiger partial charge in [-0.3, -0.25) is 9.59 Å². The largest absolute Gasteiger partial charge is 0.300 e. The van der Waals surface area contributed by atoms with Gasteiger partial charge >= 0.3 is 0 Å². The topological polar surface area (TPSA) is 34.1 Å². The summed E-state index contributed by atoms with van der Waals surface area (Å²) in [6.45, 7) is 3.00. The van der Waals surface area contributed by atoms with Crippen LogP contribution in [0.15, 0.2) is 30.3 Å². The Morgan fingerprint density at radius 2 is 1.57 bits per heavy atom. The molecule has 74 valence electrons. The molecule has 0 saturated heterocycles. The summed E-state index contributed by atoms with van der Waals surface area (Å²) in [5.41, 5.74) is -0.336. The SMILES string of the molecule is CC(=O)C([SiH2]c1ccccc1)C(C)=O. The summed E-state index contributed by atoms with van der Waals surface area (Å²) in [4.78, 5) is 22.4. The Hall–Kier alpha value is -1.22. The monoisotopic (exact) mass is 206 g/mol. The summed E-state index contributed by atoms with van der Waals surface area (Å²) in [6, 6.07) is 9.81. The van der Waals surface area contributed by atoms with Crippen LogP contribution in [0.3, 0.4) is 0 Å². The molecule has 0 radical (unpaired) electrons. The summed E-state index contributed by atoms with van der Waals surface area (Å²) < 4.78 is 0. The maximum Gasteiger partial charge on any atom is 0.137 e. The van der Waals surface area contributed by atoms with Gasteiger partial charge in [0.15, 0.2) is 0 Å². The molecule has 0 aliphatic rings. The molecule has 0 bridgehead atoms. The fourth-order valence-electron chi connectivity index (χ4n) is 1.42. The second kappa shape index (κ2) is 4.86. The molecule has 0 aromatic heterocycles. The van der Waals surface area contributed by atoms with Crippen molar-refractivity contribution in [2.24, 2.45) is 0 Å². The number of carbonyl (C=O) groups is 2. The molecule has 0 atom stereocenters. The third-order valence-electron chi connectivity index (χ3n) is 2.26. The van der Waals surface area contributed by atoms with Crippen LogP contribution in [0.1, 0.15) is 13.8 Å².